The molecule has 0 spiro atoms. The number of hydrogen-bond donors (Lipinski definition) is 0. The molecule has 0 aliphatic heterocycles. The molecule has 0 fully saturated rings. The minimum Gasteiger partial charge on any atom is -0.248 e. The lowest BCUT2D eigenvalue weighted by molar-refractivity contribution is 1.18. The van der Waals surface area contributed by atoms with Crippen molar-refractivity contribution >= 4 is 21.7 Å². The van der Waals surface area contributed by atoms with Gasteiger partial charge in [-0.15, -0.1) is 0 Å². The smallest absolute Gasteiger partial charge is 0.160 e. The molecule has 0 unspecified atom stereocenters. The first kappa shape index (κ1) is 33.1. The van der Waals surface area contributed by atoms with Gasteiger partial charge in [0, 0.05) is 27.6 Å². The number of benzene rings is 8. The number of fused-ring (bicyclic) bond motifs is 3. The van der Waals surface area contributed by atoms with Gasteiger partial charge in [-0.25, -0.2) is 15.0 Å². The molecule has 0 amide bonds. The van der Waals surface area contributed by atoms with Gasteiger partial charge < -0.3 is 0 Å². The molecule has 0 aliphatic carbocycles. The third-order valence-corrected chi connectivity index (χ3v) is 10.5. The van der Waals surface area contributed by atoms with E-state index in [-0.39, 0.29) is 0 Å². The van der Waals surface area contributed by atoms with E-state index in [1.54, 1.807) is 0 Å². The molecule has 0 atom stereocenters. The summed E-state index contributed by atoms with van der Waals surface area (Å²) in [6, 6.07) is 74.6. The molecule has 3 heteroatoms. The van der Waals surface area contributed by atoms with Crippen LogP contribution in [0.1, 0.15) is 0 Å². The SMILES string of the molecule is c1ccc(-c2ccc(-c3cc(-c4cccc(-c5ccc6ccc7nc(-c8ccccc8)cc(-c8ccccc8)c7c6c5)c4)nc(-c4ccccc4)n3)cc2)cc1. The molecule has 10 rings (SSSR count). The second kappa shape index (κ2) is 14.4. The third kappa shape index (κ3) is 6.42. The van der Waals surface area contributed by atoms with Crippen LogP contribution in [-0.4, -0.2) is 15.0 Å². The van der Waals surface area contributed by atoms with Crippen LogP contribution in [-0.2, 0) is 0 Å². The molecule has 10 aromatic rings. The summed E-state index contributed by atoms with van der Waals surface area (Å²) in [6.07, 6.45) is 0. The van der Waals surface area contributed by atoms with Crippen LogP contribution in [0.4, 0.5) is 0 Å². The average molecular weight is 714 g/mol. The first-order chi connectivity index (χ1) is 27.7. The van der Waals surface area contributed by atoms with Gasteiger partial charge in [0.15, 0.2) is 5.82 Å². The first-order valence-electron chi connectivity index (χ1n) is 18.9. The zero-order valence-corrected chi connectivity index (χ0v) is 30.5. The first-order valence-corrected chi connectivity index (χ1v) is 18.9. The van der Waals surface area contributed by atoms with Crippen molar-refractivity contribution in [3.05, 3.63) is 212 Å². The highest BCUT2D eigenvalue weighted by molar-refractivity contribution is 6.14. The molecule has 3 nitrogen and oxygen atoms in total. The van der Waals surface area contributed by atoms with Gasteiger partial charge in [-0.05, 0) is 74.5 Å². The molecular formula is C53H35N3. The Bertz CT molecular complexity index is 2980. The zero-order chi connectivity index (χ0) is 37.3. The summed E-state index contributed by atoms with van der Waals surface area (Å²) in [6.45, 7) is 0. The second-order valence-corrected chi connectivity index (χ2v) is 14.0. The van der Waals surface area contributed by atoms with Crippen molar-refractivity contribution in [2.75, 3.05) is 0 Å². The van der Waals surface area contributed by atoms with Gasteiger partial charge in [0.1, 0.15) is 0 Å². The minimum absolute atomic E-state index is 0.698. The summed E-state index contributed by atoms with van der Waals surface area (Å²) >= 11 is 0. The molecule has 0 saturated carbocycles. The van der Waals surface area contributed by atoms with Gasteiger partial charge in [0.05, 0.1) is 22.6 Å². The maximum atomic E-state index is 5.21. The Kier molecular flexibility index (Phi) is 8.51. The minimum atomic E-state index is 0.698. The molecule has 2 heterocycles. The van der Waals surface area contributed by atoms with Crippen LogP contribution in [0.3, 0.4) is 0 Å². The van der Waals surface area contributed by atoms with Gasteiger partial charge in [0.25, 0.3) is 0 Å². The summed E-state index contributed by atoms with van der Waals surface area (Å²) in [5.41, 5.74) is 14.8. The fourth-order valence-corrected chi connectivity index (χ4v) is 7.62. The Morgan fingerprint density at radius 1 is 0.268 bits per heavy atom. The van der Waals surface area contributed by atoms with Crippen molar-refractivity contribution in [1.82, 2.24) is 15.0 Å². The quantitative estimate of drug-likeness (QED) is 0.154. The fourth-order valence-electron chi connectivity index (χ4n) is 7.62. The van der Waals surface area contributed by atoms with Crippen LogP contribution >= 0.6 is 0 Å². The Morgan fingerprint density at radius 3 is 1.43 bits per heavy atom. The van der Waals surface area contributed by atoms with E-state index in [0.717, 1.165) is 61.4 Å². The summed E-state index contributed by atoms with van der Waals surface area (Å²) in [5.74, 6) is 0.698. The van der Waals surface area contributed by atoms with E-state index >= 15 is 0 Å². The maximum Gasteiger partial charge on any atom is 0.160 e. The zero-order valence-electron chi connectivity index (χ0n) is 30.5. The Balaban J connectivity index is 1.09. The standard InChI is InChI=1S/C53H35N3/c1-5-14-36(15-6-1)37-24-27-41(28-25-37)50-35-51(56-53(55-50)42-20-11-4-12-21-42)45-23-13-22-43(32-45)44-29-26-39-30-31-48-52(46(39)33-44)47(38-16-7-2-8-17-38)34-49(54-48)40-18-9-3-10-19-40/h1-35H. The van der Waals surface area contributed by atoms with Crippen molar-refractivity contribution in [1.29, 1.82) is 0 Å². The van der Waals surface area contributed by atoms with E-state index in [0.29, 0.717) is 5.82 Å². The van der Waals surface area contributed by atoms with Crippen molar-refractivity contribution < 1.29 is 0 Å². The topological polar surface area (TPSA) is 38.7 Å². The van der Waals surface area contributed by atoms with E-state index in [1.165, 1.54) is 33.0 Å². The Morgan fingerprint density at radius 2 is 0.732 bits per heavy atom. The van der Waals surface area contributed by atoms with Gasteiger partial charge in [-0.2, -0.15) is 0 Å². The molecule has 0 aliphatic rings. The molecule has 0 saturated heterocycles. The van der Waals surface area contributed by atoms with Gasteiger partial charge in [-0.3, -0.25) is 0 Å². The molecule has 0 N–H and O–H groups in total. The van der Waals surface area contributed by atoms with Crippen molar-refractivity contribution in [3.63, 3.8) is 0 Å². The number of hydrogen-bond acceptors (Lipinski definition) is 3. The number of pyridine rings is 1. The second-order valence-electron chi connectivity index (χ2n) is 14.0. The van der Waals surface area contributed by atoms with Crippen LogP contribution < -0.4 is 0 Å². The van der Waals surface area contributed by atoms with E-state index < -0.39 is 0 Å². The van der Waals surface area contributed by atoms with E-state index in [1.807, 2.05) is 30.3 Å². The van der Waals surface area contributed by atoms with E-state index in [2.05, 4.69) is 182 Å². The van der Waals surface area contributed by atoms with Crippen LogP contribution in [0, 0.1) is 0 Å². The summed E-state index contributed by atoms with van der Waals surface area (Å²) in [7, 11) is 0. The van der Waals surface area contributed by atoms with Gasteiger partial charge in [-0.1, -0.05) is 182 Å². The lowest BCUT2D eigenvalue weighted by atomic mass is 9.92. The molecule has 2 aromatic heterocycles. The number of nitrogens with zero attached hydrogens (tertiary/aromatic N) is 3. The van der Waals surface area contributed by atoms with E-state index in [9.17, 15) is 0 Å². The van der Waals surface area contributed by atoms with Crippen LogP contribution in [0.5, 0.6) is 0 Å². The molecule has 262 valence electrons. The molecule has 56 heavy (non-hydrogen) atoms. The Hall–Kier alpha value is -7.49. The molecule has 0 bridgehead atoms. The van der Waals surface area contributed by atoms with Crippen molar-refractivity contribution in [2.45, 2.75) is 0 Å². The largest absolute Gasteiger partial charge is 0.248 e. The average Bonchev–Trinajstić information content (AvgIpc) is 3.29. The predicted molar refractivity (Wildman–Crippen MR) is 233 cm³/mol. The molecule has 0 radical (unpaired) electrons. The van der Waals surface area contributed by atoms with Crippen LogP contribution in [0.25, 0.3) is 100 Å². The lowest BCUT2D eigenvalue weighted by Crippen LogP contribution is -1.96. The van der Waals surface area contributed by atoms with Crippen molar-refractivity contribution in [2.24, 2.45) is 0 Å². The van der Waals surface area contributed by atoms with Crippen molar-refractivity contribution in [3.8, 4) is 78.5 Å². The van der Waals surface area contributed by atoms with E-state index in [4.69, 9.17) is 15.0 Å². The maximum absolute atomic E-state index is 5.21. The highest BCUT2D eigenvalue weighted by atomic mass is 14.9. The predicted octanol–water partition coefficient (Wildman–Crippen LogP) is 13.8. The van der Waals surface area contributed by atoms with Crippen LogP contribution in [0.15, 0.2) is 212 Å². The normalized spacial score (nSPS) is 11.2. The van der Waals surface area contributed by atoms with Gasteiger partial charge in [0.2, 0.25) is 0 Å². The summed E-state index contributed by atoms with van der Waals surface area (Å²) in [5, 5.41) is 3.50. The summed E-state index contributed by atoms with van der Waals surface area (Å²) < 4.78 is 0. The monoisotopic (exact) mass is 713 g/mol. The van der Waals surface area contributed by atoms with Crippen LogP contribution in [0.2, 0.25) is 0 Å². The lowest BCUT2D eigenvalue weighted by Gasteiger charge is -2.14. The summed E-state index contributed by atoms with van der Waals surface area (Å²) in [4.78, 5) is 15.4. The third-order valence-electron chi connectivity index (χ3n) is 10.5. The molecular weight excluding hydrogens is 679 g/mol. The highest BCUT2D eigenvalue weighted by Gasteiger charge is 2.15. The highest BCUT2D eigenvalue weighted by Crippen LogP contribution is 2.39. The Labute approximate surface area is 326 Å². The number of rotatable bonds is 7. The van der Waals surface area contributed by atoms with Gasteiger partial charge >= 0.3 is 0 Å². The molecule has 8 aromatic carbocycles. The number of aromatic nitrogens is 3. The fraction of sp³-hybridized carbons (Fsp3) is 0.